The first-order valence-electron chi connectivity index (χ1n) is 7.49. The monoisotopic (exact) mass is 307 g/mol. The first-order chi connectivity index (χ1) is 9.95. The van der Waals surface area contributed by atoms with Crippen LogP contribution >= 0.6 is 12.2 Å². The second-order valence-corrected chi connectivity index (χ2v) is 6.35. The molecule has 1 aromatic rings. The number of nitrogens with two attached hydrogens (primary N) is 1. The molecule has 1 atom stereocenters. The lowest BCUT2D eigenvalue weighted by molar-refractivity contribution is 0.202. The molecule has 116 valence electrons. The van der Waals surface area contributed by atoms with Crippen molar-refractivity contribution in [3.05, 3.63) is 22.9 Å². The van der Waals surface area contributed by atoms with Crippen molar-refractivity contribution in [1.29, 1.82) is 0 Å². The van der Waals surface area contributed by atoms with Gasteiger partial charge in [0.05, 0.1) is 12.2 Å². The van der Waals surface area contributed by atoms with Gasteiger partial charge in [-0.25, -0.2) is 4.98 Å². The second kappa shape index (κ2) is 6.71. The highest BCUT2D eigenvalue weighted by molar-refractivity contribution is 7.80. The molecule has 1 aliphatic carbocycles. The maximum atomic E-state index is 5.96. The summed E-state index contributed by atoms with van der Waals surface area (Å²) in [5.41, 5.74) is 8.95. The van der Waals surface area contributed by atoms with Gasteiger partial charge >= 0.3 is 0 Å². The minimum Gasteiger partial charge on any atom is -0.389 e. The standard InChI is InChI=1S/C16H25N3OS/c1-10-9-11(2)18-16(14(10)15(17)21)19(7-8-20-4)12(3)13-5-6-13/h9,12-13H,5-8H2,1-4H3,(H2,17,21). The van der Waals surface area contributed by atoms with Crippen molar-refractivity contribution in [3.8, 4) is 0 Å². The number of aryl methyl sites for hydroxylation is 2. The van der Waals surface area contributed by atoms with Gasteiger partial charge in [-0.2, -0.15) is 0 Å². The Bertz CT molecular complexity index is 528. The molecule has 1 fully saturated rings. The average molecular weight is 307 g/mol. The molecule has 2 rings (SSSR count). The summed E-state index contributed by atoms with van der Waals surface area (Å²) in [6.45, 7) is 7.79. The predicted octanol–water partition coefficient (Wildman–Crippen LogP) is 2.58. The summed E-state index contributed by atoms with van der Waals surface area (Å²) in [6.07, 6.45) is 2.58. The van der Waals surface area contributed by atoms with E-state index in [1.54, 1.807) is 7.11 Å². The van der Waals surface area contributed by atoms with Crippen LogP contribution in [0, 0.1) is 19.8 Å². The maximum Gasteiger partial charge on any atom is 0.139 e. The van der Waals surface area contributed by atoms with Gasteiger partial charge in [0.15, 0.2) is 0 Å². The fourth-order valence-electron chi connectivity index (χ4n) is 2.85. The Hall–Kier alpha value is -1.20. The number of anilines is 1. The molecule has 0 spiro atoms. The summed E-state index contributed by atoms with van der Waals surface area (Å²) in [6, 6.07) is 2.47. The lowest BCUT2D eigenvalue weighted by Gasteiger charge is -2.32. The van der Waals surface area contributed by atoms with Gasteiger partial charge in [-0.15, -0.1) is 0 Å². The third kappa shape index (κ3) is 3.71. The van der Waals surface area contributed by atoms with Gasteiger partial charge in [0.25, 0.3) is 0 Å². The van der Waals surface area contributed by atoms with E-state index in [0.717, 1.165) is 35.1 Å². The third-order valence-corrected chi connectivity index (χ3v) is 4.38. The Kier molecular flexibility index (Phi) is 5.17. The molecule has 0 radical (unpaired) electrons. The van der Waals surface area contributed by atoms with Crippen LogP contribution < -0.4 is 10.6 Å². The Morgan fingerprint density at radius 1 is 1.52 bits per heavy atom. The van der Waals surface area contributed by atoms with E-state index in [0.29, 0.717) is 17.6 Å². The number of pyridine rings is 1. The van der Waals surface area contributed by atoms with E-state index < -0.39 is 0 Å². The summed E-state index contributed by atoms with van der Waals surface area (Å²) in [4.78, 5) is 7.47. The van der Waals surface area contributed by atoms with Gasteiger partial charge in [-0.3, -0.25) is 0 Å². The zero-order chi connectivity index (χ0) is 15.6. The highest BCUT2D eigenvalue weighted by atomic mass is 32.1. The number of nitrogens with zero attached hydrogens (tertiary/aromatic N) is 2. The number of aromatic nitrogens is 1. The SMILES string of the molecule is COCCN(c1nc(C)cc(C)c1C(N)=S)C(C)C1CC1. The van der Waals surface area contributed by atoms with Gasteiger partial charge in [-0.05, 0) is 51.2 Å². The molecule has 0 amide bonds. The largest absolute Gasteiger partial charge is 0.389 e. The molecule has 4 nitrogen and oxygen atoms in total. The first kappa shape index (κ1) is 16.2. The van der Waals surface area contributed by atoms with E-state index in [-0.39, 0.29) is 0 Å². The summed E-state index contributed by atoms with van der Waals surface area (Å²) >= 11 is 5.26. The minimum atomic E-state index is 0.417. The molecular formula is C16H25N3OS. The van der Waals surface area contributed by atoms with Crippen molar-refractivity contribution >= 4 is 23.0 Å². The fourth-order valence-corrected chi connectivity index (χ4v) is 3.11. The highest BCUT2D eigenvalue weighted by Gasteiger charge is 2.33. The molecular weight excluding hydrogens is 282 g/mol. The molecule has 1 aromatic heterocycles. The Morgan fingerprint density at radius 2 is 2.19 bits per heavy atom. The summed E-state index contributed by atoms with van der Waals surface area (Å²) in [7, 11) is 1.73. The van der Waals surface area contributed by atoms with E-state index >= 15 is 0 Å². The van der Waals surface area contributed by atoms with Crippen LogP contribution in [0.2, 0.25) is 0 Å². The molecule has 0 bridgehead atoms. The Morgan fingerprint density at radius 3 is 2.71 bits per heavy atom. The zero-order valence-corrected chi connectivity index (χ0v) is 14.2. The van der Waals surface area contributed by atoms with E-state index in [2.05, 4.69) is 11.8 Å². The van der Waals surface area contributed by atoms with Crippen LogP contribution in [-0.4, -0.2) is 36.3 Å². The van der Waals surface area contributed by atoms with Gasteiger partial charge in [0.1, 0.15) is 10.8 Å². The summed E-state index contributed by atoms with van der Waals surface area (Å²) < 4.78 is 5.27. The number of hydrogen-bond acceptors (Lipinski definition) is 4. The molecule has 1 heterocycles. The van der Waals surface area contributed by atoms with E-state index in [1.807, 2.05) is 19.9 Å². The first-order valence-corrected chi connectivity index (χ1v) is 7.90. The van der Waals surface area contributed by atoms with Crippen molar-refractivity contribution < 1.29 is 4.74 Å². The van der Waals surface area contributed by atoms with E-state index in [4.69, 9.17) is 27.7 Å². The predicted molar refractivity (Wildman–Crippen MR) is 91.0 cm³/mol. The smallest absolute Gasteiger partial charge is 0.139 e. The average Bonchev–Trinajstić information content (AvgIpc) is 3.21. The second-order valence-electron chi connectivity index (χ2n) is 5.91. The summed E-state index contributed by atoms with van der Waals surface area (Å²) in [5, 5.41) is 0. The van der Waals surface area contributed by atoms with Gasteiger partial charge < -0.3 is 15.4 Å². The van der Waals surface area contributed by atoms with Crippen molar-refractivity contribution in [2.75, 3.05) is 25.2 Å². The molecule has 21 heavy (non-hydrogen) atoms. The van der Waals surface area contributed by atoms with Gasteiger partial charge in [0, 0.05) is 25.4 Å². The van der Waals surface area contributed by atoms with Gasteiger partial charge in [-0.1, -0.05) is 12.2 Å². The molecule has 0 aliphatic heterocycles. The summed E-state index contributed by atoms with van der Waals surface area (Å²) in [5.74, 6) is 1.65. The van der Waals surface area contributed by atoms with Crippen LogP contribution in [0.5, 0.6) is 0 Å². The lowest BCUT2D eigenvalue weighted by atomic mass is 10.1. The minimum absolute atomic E-state index is 0.417. The van der Waals surface area contributed by atoms with Crippen molar-refractivity contribution in [2.45, 2.75) is 39.7 Å². The molecule has 0 saturated heterocycles. The number of thiocarbonyl (C=S) groups is 1. The lowest BCUT2D eigenvalue weighted by Crippen LogP contribution is -2.39. The quantitative estimate of drug-likeness (QED) is 0.785. The number of methoxy groups -OCH3 is 1. The van der Waals surface area contributed by atoms with E-state index in [1.165, 1.54) is 12.8 Å². The van der Waals surface area contributed by atoms with Crippen molar-refractivity contribution in [2.24, 2.45) is 11.7 Å². The number of ether oxygens (including phenoxy) is 1. The van der Waals surface area contributed by atoms with Crippen molar-refractivity contribution in [1.82, 2.24) is 4.98 Å². The maximum absolute atomic E-state index is 5.96. The Labute approximate surface area is 132 Å². The Balaban J connectivity index is 2.44. The highest BCUT2D eigenvalue weighted by Crippen LogP contribution is 2.37. The topological polar surface area (TPSA) is 51.4 Å². The van der Waals surface area contributed by atoms with Crippen molar-refractivity contribution in [3.63, 3.8) is 0 Å². The van der Waals surface area contributed by atoms with Crippen LogP contribution in [0.15, 0.2) is 6.07 Å². The normalized spacial score (nSPS) is 15.8. The molecule has 1 saturated carbocycles. The third-order valence-electron chi connectivity index (χ3n) is 4.18. The molecule has 2 N–H and O–H groups in total. The van der Waals surface area contributed by atoms with Crippen LogP contribution in [-0.2, 0) is 4.74 Å². The van der Waals surface area contributed by atoms with Crippen LogP contribution in [0.3, 0.4) is 0 Å². The number of hydrogen-bond donors (Lipinski definition) is 1. The van der Waals surface area contributed by atoms with E-state index in [9.17, 15) is 0 Å². The van der Waals surface area contributed by atoms with Crippen LogP contribution in [0.4, 0.5) is 5.82 Å². The molecule has 1 unspecified atom stereocenters. The zero-order valence-electron chi connectivity index (χ0n) is 13.3. The molecule has 1 aliphatic rings. The fraction of sp³-hybridized carbons (Fsp3) is 0.625. The van der Waals surface area contributed by atoms with Gasteiger partial charge in [0.2, 0.25) is 0 Å². The van der Waals surface area contributed by atoms with Crippen LogP contribution in [0.25, 0.3) is 0 Å². The number of rotatable bonds is 7. The van der Waals surface area contributed by atoms with Crippen LogP contribution in [0.1, 0.15) is 36.6 Å². The molecule has 0 aromatic carbocycles. The molecule has 5 heteroatoms.